The van der Waals surface area contributed by atoms with Crippen molar-refractivity contribution in [2.45, 2.75) is 157 Å². The number of aromatic nitrogens is 8. The van der Waals surface area contributed by atoms with Crippen LogP contribution < -0.4 is 26.2 Å². The summed E-state index contributed by atoms with van der Waals surface area (Å²) in [5.41, 5.74) is 21.9. The predicted molar refractivity (Wildman–Crippen MR) is 526 cm³/mol. The highest BCUT2D eigenvalue weighted by molar-refractivity contribution is 7.00. The third-order valence-electron chi connectivity index (χ3n) is 25.1. The Kier molecular flexibility index (Phi) is 16.3. The zero-order valence-corrected chi connectivity index (χ0v) is 74.2. The van der Waals surface area contributed by atoms with Crippen molar-refractivity contribution < 1.29 is 13.7 Å². The van der Waals surface area contributed by atoms with Gasteiger partial charge in [0.1, 0.15) is 0 Å². The summed E-state index contributed by atoms with van der Waals surface area (Å²) in [5.74, 6) is 0.577. The van der Waals surface area contributed by atoms with Crippen molar-refractivity contribution in [1.82, 2.24) is 39.0 Å². The van der Waals surface area contributed by atoms with Gasteiger partial charge >= 0.3 is 0 Å². The number of benzene rings is 14. The van der Waals surface area contributed by atoms with Crippen LogP contribution in [0.2, 0.25) is 0 Å². The molecule has 0 N–H and O–H groups in total. The predicted octanol–water partition coefficient (Wildman–Crippen LogP) is 27.8. The standard InChI is InChI=1S/C114H105BN10/c1-109(2,3)76-44-54-92-84(62-76)85-63-77(110(4,5)6)45-55-93(85)122(92)82-50-52-90-98(68-82)124(96-58-48-80(113(13,14)15)66-88(96)107-118-103(71-36-26-20-27-37-71)116-104(119-107)72-38-28-21-29-39-72)100-60-75(70-34-24-19-25-35-70)61-101-102(100)115(90)91-53-51-83(123-94-56-46-78(111(7,8)9)64-86(94)87-65-79(112(10,11)12)47-57-95(87)123)69-99(91)125(101)97-59-49-81(114(16,17)18)67-89(97)108-120-105(73-40-30-22-31-41-73)117-106(121-108)74-42-32-23-33-43-74/h19-69H,1-18H3/i20D,21D,26D,27D,28D,29D,36D,37D,38D,39D. The summed E-state index contributed by atoms with van der Waals surface area (Å²) in [6.07, 6.45) is 0. The van der Waals surface area contributed by atoms with Gasteiger partial charge in [0.15, 0.2) is 34.9 Å². The smallest absolute Gasteiger partial charge is 0.252 e. The van der Waals surface area contributed by atoms with Crippen molar-refractivity contribution in [3.05, 3.63) is 343 Å². The van der Waals surface area contributed by atoms with E-state index in [1.165, 1.54) is 22.3 Å². The second-order valence-electron chi connectivity index (χ2n) is 39.8. The molecule has 125 heavy (non-hydrogen) atoms. The summed E-state index contributed by atoms with van der Waals surface area (Å²) in [6, 6.07) is 83.4. The van der Waals surface area contributed by atoms with E-state index < -0.39 is 78.0 Å². The highest BCUT2D eigenvalue weighted by Gasteiger charge is 2.46. The summed E-state index contributed by atoms with van der Waals surface area (Å²) < 4.78 is 97.6. The molecule has 0 bridgehead atoms. The van der Waals surface area contributed by atoms with Crippen LogP contribution in [0, 0.1) is 0 Å². The van der Waals surface area contributed by atoms with Crippen molar-refractivity contribution in [1.29, 1.82) is 0 Å². The Hall–Kier alpha value is -13.6. The lowest BCUT2D eigenvalue weighted by atomic mass is 9.33. The minimum Gasteiger partial charge on any atom is -0.311 e. The van der Waals surface area contributed by atoms with E-state index >= 15 is 0 Å². The van der Waals surface area contributed by atoms with E-state index in [0.29, 0.717) is 28.7 Å². The van der Waals surface area contributed by atoms with Gasteiger partial charge in [-0.15, -0.1) is 0 Å². The molecule has 0 unspecified atom stereocenters. The van der Waals surface area contributed by atoms with Gasteiger partial charge in [-0.2, -0.15) is 0 Å². The Morgan fingerprint density at radius 2 is 0.528 bits per heavy atom. The molecular weight excluding hydrogens is 1520 g/mol. The lowest BCUT2D eigenvalue weighted by Crippen LogP contribution is -2.61. The van der Waals surface area contributed by atoms with Crippen molar-refractivity contribution in [3.63, 3.8) is 0 Å². The van der Waals surface area contributed by atoms with Gasteiger partial charge in [0.25, 0.3) is 6.71 Å². The Labute approximate surface area is 749 Å². The molecule has 0 fully saturated rings. The highest BCUT2D eigenvalue weighted by Crippen LogP contribution is 2.53. The van der Waals surface area contributed by atoms with Crippen LogP contribution in [0.25, 0.3) is 134 Å². The van der Waals surface area contributed by atoms with Crippen molar-refractivity contribution in [2.24, 2.45) is 0 Å². The monoisotopic (exact) mass is 1630 g/mol. The molecule has 6 heterocycles. The van der Waals surface area contributed by atoms with Crippen LogP contribution in [-0.4, -0.2) is 45.8 Å². The zero-order valence-electron chi connectivity index (χ0n) is 84.2. The lowest BCUT2D eigenvalue weighted by molar-refractivity contribution is 0.590. The van der Waals surface area contributed by atoms with E-state index in [1.807, 2.05) is 72.8 Å². The van der Waals surface area contributed by atoms with Gasteiger partial charge in [-0.3, -0.25) is 0 Å². The maximum Gasteiger partial charge on any atom is 0.252 e. The molecular formula is C114H105BN10. The normalized spacial score (nSPS) is 14.3. The van der Waals surface area contributed by atoms with E-state index in [-0.39, 0.29) is 50.3 Å². The van der Waals surface area contributed by atoms with Crippen LogP contribution in [0.1, 0.15) is 172 Å². The topological polar surface area (TPSA) is 93.7 Å². The average molecular weight is 1640 g/mol. The number of fused-ring (bicyclic) bond motifs is 10. The second-order valence-corrected chi connectivity index (χ2v) is 39.8. The number of anilines is 6. The fraction of sp³-hybridized carbons (Fsp3) is 0.211. The minimum absolute atomic E-state index is 0.0890. The first kappa shape index (κ1) is 68.8. The Morgan fingerprint density at radius 1 is 0.240 bits per heavy atom. The first-order valence-electron chi connectivity index (χ1n) is 48.3. The summed E-state index contributed by atoms with van der Waals surface area (Å²) in [6.45, 7) is 39.6. The quantitative estimate of drug-likeness (QED) is 0.118. The third kappa shape index (κ3) is 14.2. The molecule has 0 saturated carbocycles. The molecule has 11 heteroatoms. The first-order valence-corrected chi connectivity index (χ1v) is 43.3. The van der Waals surface area contributed by atoms with Crippen LogP contribution in [-0.2, 0) is 32.5 Å². The molecule has 0 amide bonds. The maximum atomic E-state index is 9.62. The van der Waals surface area contributed by atoms with Gasteiger partial charge in [-0.25, -0.2) is 29.9 Å². The molecule has 20 rings (SSSR count). The van der Waals surface area contributed by atoms with Crippen LogP contribution in [0.15, 0.2) is 309 Å². The summed E-state index contributed by atoms with van der Waals surface area (Å²) in [5, 5.41) is 4.49. The molecule has 0 atom stereocenters. The number of hydrogen-bond donors (Lipinski definition) is 0. The molecule has 4 aromatic heterocycles. The largest absolute Gasteiger partial charge is 0.311 e. The Bertz CT molecular complexity index is 7650. The summed E-state index contributed by atoms with van der Waals surface area (Å²) >= 11 is 0. The molecule has 0 radical (unpaired) electrons. The maximum absolute atomic E-state index is 9.62. The van der Waals surface area contributed by atoms with Crippen LogP contribution in [0.3, 0.4) is 0 Å². The van der Waals surface area contributed by atoms with Crippen LogP contribution >= 0.6 is 0 Å². The van der Waals surface area contributed by atoms with E-state index in [2.05, 4.69) is 319 Å². The molecule has 0 aliphatic carbocycles. The van der Waals surface area contributed by atoms with Crippen molar-refractivity contribution in [2.75, 3.05) is 9.80 Å². The summed E-state index contributed by atoms with van der Waals surface area (Å²) in [4.78, 5) is 36.9. The lowest BCUT2D eigenvalue weighted by Gasteiger charge is -2.45. The Morgan fingerprint density at radius 3 is 0.848 bits per heavy atom. The second kappa shape index (κ2) is 29.5. The number of hydrogen-bond acceptors (Lipinski definition) is 8. The molecule has 0 saturated heterocycles. The van der Waals surface area contributed by atoms with E-state index in [9.17, 15) is 5.48 Å². The van der Waals surface area contributed by atoms with Gasteiger partial charge in [-0.05, 0) is 203 Å². The SMILES string of the molecule is [2H]c1c([2H])c([2H])c(-c2nc(-c3cc(C(C)(C)C)ccc3N3c4cc(-n5c6ccc(C(C)(C)C)cc6c6cc(C(C)(C)C)ccc65)ccc4B4c5ccc(-n6c7ccc(C(C)(C)C)cc7c7cc(C(C)(C)C)ccc76)cc5N(c5ccc(C(C)(C)C)cc5-c5nc(-c6ccccc6)nc(-c6ccccc6)n5)c5cc(-c6ccccc6)cc3c54)nc(-c3c([2H])c([2H])c([2H])c([2H])c3[2H])n2)c([2H])c1[2H]. The highest BCUT2D eigenvalue weighted by atomic mass is 15.2. The van der Waals surface area contributed by atoms with Crippen molar-refractivity contribution in [3.8, 4) is 90.8 Å². The van der Waals surface area contributed by atoms with Crippen molar-refractivity contribution >= 4 is 101 Å². The fourth-order valence-corrected chi connectivity index (χ4v) is 18.2. The van der Waals surface area contributed by atoms with Crippen LogP contribution in [0.5, 0.6) is 0 Å². The molecule has 0 spiro atoms. The summed E-state index contributed by atoms with van der Waals surface area (Å²) in [7, 11) is 0. The van der Waals surface area contributed by atoms with E-state index in [1.54, 1.807) is 0 Å². The average Bonchev–Trinajstić information content (AvgIpc) is 0.828. The number of nitrogens with zero attached hydrogens (tertiary/aromatic N) is 10. The molecule has 10 nitrogen and oxygen atoms in total. The van der Waals surface area contributed by atoms with E-state index in [0.717, 1.165) is 139 Å². The van der Waals surface area contributed by atoms with Gasteiger partial charge in [0.2, 0.25) is 0 Å². The molecule has 614 valence electrons. The first-order chi connectivity index (χ1) is 63.9. The molecule has 2 aliphatic heterocycles. The molecule has 14 aromatic carbocycles. The molecule has 18 aromatic rings. The van der Waals surface area contributed by atoms with E-state index in [4.69, 9.17) is 38.1 Å². The number of rotatable bonds is 11. The third-order valence-corrected chi connectivity index (χ3v) is 25.1. The minimum atomic E-state index is -0.652. The fourth-order valence-electron chi connectivity index (χ4n) is 18.2. The van der Waals surface area contributed by atoms with Gasteiger partial charge in [0, 0.05) is 89.0 Å². The molecule has 2 aliphatic rings. The Balaban J connectivity index is 0.964. The van der Waals surface area contributed by atoms with Gasteiger partial charge in [-0.1, -0.05) is 325 Å². The van der Waals surface area contributed by atoms with Gasteiger partial charge in [0.05, 0.1) is 47.1 Å². The van der Waals surface area contributed by atoms with Crippen LogP contribution in [0.4, 0.5) is 34.1 Å². The zero-order chi connectivity index (χ0) is 95.4. The van der Waals surface area contributed by atoms with Gasteiger partial charge < -0.3 is 18.9 Å².